The molecule has 2 heteroatoms. The van der Waals surface area contributed by atoms with E-state index in [1.165, 1.54) is 84.1 Å². The Morgan fingerprint density at radius 1 is 0.889 bits per heavy atom. The number of hydrogen-bond donors (Lipinski definition) is 1. The Labute approximate surface area is 113 Å². The van der Waals surface area contributed by atoms with E-state index in [4.69, 9.17) is 0 Å². The first-order chi connectivity index (χ1) is 8.92. The van der Waals surface area contributed by atoms with Crippen molar-refractivity contribution < 1.29 is 0 Å². The van der Waals surface area contributed by atoms with Crippen molar-refractivity contribution in [1.82, 2.24) is 10.2 Å². The van der Waals surface area contributed by atoms with Gasteiger partial charge in [0, 0.05) is 6.54 Å². The monoisotopic (exact) mass is 250 g/mol. The van der Waals surface area contributed by atoms with Crippen molar-refractivity contribution >= 4 is 0 Å². The molecule has 1 N–H and O–H groups in total. The van der Waals surface area contributed by atoms with Crippen LogP contribution in [0.25, 0.3) is 0 Å². The quantitative estimate of drug-likeness (QED) is 0.828. The zero-order valence-electron chi connectivity index (χ0n) is 11.9. The van der Waals surface area contributed by atoms with E-state index in [-0.39, 0.29) is 0 Å². The van der Waals surface area contributed by atoms with Crippen LogP contribution in [0.15, 0.2) is 0 Å². The lowest BCUT2D eigenvalue weighted by Crippen LogP contribution is -2.42. The van der Waals surface area contributed by atoms with Crippen LogP contribution in [-0.4, -0.2) is 37.6 Å². The van der Waals surface area contributed by atoms with Crippen LogP contribution in [0.1, 0.15) is 51.4 Å². The van der Waals surface area contributed by atoms with E-state index in [0.717, 1.165) is 17.8 Å². The van der Waals surface area contributed by atoms with Crippen LogP contribution in [-0.2, 0) is 0 Å². The van der Waals surface area contributed by atoms with Crippen LogP contribution < -0.4 is 5.32 Å². The van der Waals surface area contributed by atoms with Crippen LogP contribution in [0.3, 0.4) is 0 Å². The molecule has 104 valence electrons. The van der Waals surface area contributed by atoms with Gasteiger partial charge in [0.1, 0.15) is 0 Å². The van der Waals surface area contributed by atoms with E-state index < -0.39 is 0 Å². The second kappa shape index (κ2) is 6.38. The third-order valence-electron chi connectivity index (χ3n) is 5.69. The summed E-state index contributed by atoms with van der Waals surface area (Å²) in [5, 5.41) is 3.48. The molecule has 3 fully saturated rings. The summed E-state index contributed by atoms with van der Waals surface area (Å²) in [6, 6.07) is 0. The first kappa shape index (κ1) is 12.9. The summed E-state index contributed by atoms with van der Waals surface area (Å²) in [5.41, 5.74) is 0. The zero-order chi connectivity index (χ0) is 12.2. The van der Waals surface area contributed by atoms with Gasteiger partial charge >= 0.3 is 0 Å². The molecule has 0 radical (unpaired) electrons. The molecule has 2 saturated heterocycles. The van der Waals surface area contributed by atoms with Crippen LogP contribution in [0.2, 0.25) is 0 Å². The Morgan fingerprint density at radius 2 is 1.67 bits per heavy atom. The van der Waals surface area contributed by atoms with E-state index in [2.05, 4.69) is 10.2 Å². The van der Waals surface area contributed by atoms with Gasteiger partial charge in [-0.05, 0) is 76.0 Å². The van der Waals surface area contributed by atoms with Crippen molar-refractivity contribution in [3.63, 3.8) is 0 Å². The lowest BCUT2D eigenvalue weighted by Gasteiger charge is -2.41. The summed E-state index contributed by atoms with van der Waals surface area (Å²) in [5.74, 6) is 3.16. The molecule has 2 atom stereocenters. The van der Waals surface area contributed by atoms with Crippen molar-refractivity contribution in [2.75, 3.05) is 32.7 Å². The molecule has 0 bridgehead atoms. The molecule has 0 unspecified atom stereocenters. The fourth-order valence-corrected chi connectivity index (χ4v) is 4.41. The normalized spacial score (nSPS) is 35.3. The van der Waals surface area contributed by atoms with Crippen molar-refractivity contribution in [2.24, 2.45) is 17.8 Å². The molecule has 0 aromatic rings. The molecule has 2 nitrogen and oxygen atoms in total. The molecular formula is C16H30N2. The number of nitrogens with one attached hydrogen (secondary N) is 1. The molecular weight excluding hydrogens is 220 g/mol. The Morgan fingerprint density at radius 3 is 2.50 bits per heavy atom. The molecule has 1 saturated carbocycles. The van der Waals surface area contributed by atoms with E-state index >= 15 is 0 Å². The molecule has 0 aromatic carbocycles. The third-order valence-corrected chi connectivity index (χ3v) is 5.69. The first-order valence-corrected chi connectivity index (χ1v) is 8.35. The average Bonchev–Trinajstić information content (AvgIpc) is 2.46. The summed E-state index contributed by atoms with van der Waals surface area (Å²) in [6.07, 6.45) is 11.9. The average molecular weight is 250 g/mol. The van der Waals surface area contributed by atoms with Gasteiger partial charge in [0.05, 0.1) is 0 Å². The van der Waals surface area contributed by atoms with Gasteiger partial charge in [-0.25, -0.2) is 0 Å². The Kier molecular flexibility index (Phi) is 4.58. The fourth-order valence-electron chi connectivity index (χ4n) is 4.41. The molecule has 3 aliphatic rings. The molecule has 0 amide bonds. The highest BCUT2D eigenvalue weighted by atomic mass is 15.1. The number of piperidine rings is 2. The first-order valence-electron chi connectivity index (χ1n) is 8.35. The number of nitrogens with zero attached hydrogens (tertiary/aromatic N) is 1. The van der Waals surface area contributed by atoms with Gasteiger partial charge in [0.15, 0.2) is 0 Å². The van der Waals surface area contributed by atoms with Gasteiger partial charge in [0.25, 0.3) is 0 Å². The minimum Gasteiger partial charge on any atom is -0.317 e. The summed E-state index contributed by atoms with van der Waals surface area (Å²) in [7, 11) is 0. The van der Waals surface area contributed by atoms with Gasteiger partial charge in [-0.2, -0.15) is 0 Å². The number of rotatable bonds is 3. The second-order valence-corrected chi connectivity index (χ2v) is 6.88. The van der Waals surface area contributed by atoms with Crippen molar-refractivity contribution in [2.45, 2.75) is 51.4 Å². The fraction of sp³-hybridized carbons (Fsp3) is 1.00. The predicted octanol–water partition coefficient (Wildman–Crippen LogP) is 2.89. The van der Waals surface area contributed by atoms with E-state index in [1.807, 2.05) is 0 Å². The highest BCUT2D eigenvalue weighted by Crippen LogP contribution is 2.36. The van der Waals surface area contributed by atoms with Crippen LogP contribution in [0.5, 0.6) is 0 Å². The van der Waals surface area contributed by atoms with Gasteiger partial charge in [-0.1, -0.05) is 19.3 Å². The number of hydrogen-bond acceptors (Lipinski definition) is 2. The molecule has 0 aromatic heterocycles. The van der Waals surface area contributed by atoms with Crippen molar-refractivity contribution in [3.05, 3.63) is 0 Å². The predicted molar refractivity (Wildman–Crippen MR) is 76.7 cm³/mol. The highest BCUT2D eigenvalue weighted by Gasteiger charge is 2.30. The maximum Gasteiger partial charge on any atom is 0.00123 e. The third kappa shape index (κ3) is 3.27. The zero-order valence-corrected chi connectivity index (χ0v) is 11.9. The summed E-state index contributed by atoms with van der Waals surface area (Å²) in [4.78, 5) is 2.79. The largest absolute Gasteiger partial charge is 0.317 e. The Bertz CT molecular complexity index is 247. The van der Waals surface area contributed by atoms with Crippen molar-refractivity contribution in [1.29, 1.82) is 0 Å². The lowest BCUT2D eigenvalue weighted by atomic mass is 9.75. The molecule has 2 heterocycles. The SMILES string of the molecule is C1CC[C@H]2CN(CCC3CCNCC3)CC[C@H]2C1. The van der Waals surface area contributed by atoms with Gasteiger partial charge in [-0.3, -0.25) is 0 Å². The van der Waals surface area contributed by atoms with Gasteiger partial charge in [0.2, 0.25) is 0 Å². The maximum absolute atomic E-state index is 3.48. The minimum absolute atomic E-state index is 1.01. The summed E-state index contributed by atoms with van der Waals surface area (Å²) in [6.45, 7) is 6.72. The molecule has 2 aliphatic heterocycles. The molecule has 18 heavy (non-hydrogen) atoms. The van der Waals surface area contributed by atoms with Crippen LogP contribution in [0, 0.1) is 17.8 Å². The topological polar surface area (TPSA) is 15.3 Å². The van der Waals surface area contributed by atoms with E-state index in [9.17, 15) is 0 Å². The highest BCUT2D eigenvalue weighted by molar-refractivity contribution is 4.84. The molecule has 3 rings (SSSR count). The van der Waals surface area contributed by atoms with Crippen LogP contribution in [0.4, 0.5) is 0 Å². The Hall–Kier alpha value is -0.0800. The minimum atomic E-state index is 1.01. The maximum atomic E-state index is 3.48. The lowest BCUT2D eigenvalue weighted by molar-refractivity contribution is 0.0814. The van der Waals surface area contributed by atoms with E-state index in [1.54, 1.807) is 0 Å². The number of fused-ring (bicyclic) bond motifs is 1. The van der Waals surface area contributed by atoms with Gasteiger partial charge < -0.3 is 10.2 Å². The summed E-state index contributed by atoms with van der Waals surface area (Å²) < 4.78 is 0. The molecule has 1 aliphatic carbocycles. The molecule has 0 spiro atoms. The van der Waals surface area contributed by atoms with Crippen LogP contribution >= 0.6 is 0 Å². The summed E-state index contributed by atoms with van der Waals surface area (Å²) >= 11 is 0. The number of likely N-dealkylation sites (tertiary alicyclic amines) is 1. The second-order valence-electron chi connectivity index (χ2n) is 6.88. The Balaban J connectivity index is 1.40. The smallest absolute Gasteiger partial charge is 0.00123 e. The van der Waals surface area contributed by atoms with Crippen molar-refractivity contribution in [3.8, 4) is 0 Å². The van der Waals surface area contributed by atoms with E-state index in [0.29, 0.717) is 0 Å². The van der Waals surface area contributed by atoms with Gasteiger partial charge in [-0.15, -0.1) is 0 Å². The standard InChI is InChI=1S/C16H30N2/c1-2-4-16-13-18(12-8-15(16)3-1)11-7-14-5-9-17-10-6-14/h14-17H,1-13H2/t15-,16+/m1/s1.